The molecule has 0 fully saturated rings. The van der Waals surface area contributed by atoms with Crippen molar-refractivity contribution in [2.24, 2.45) is 0 Å². The van der Waals surface area contributed by atoms with Gasteiger partial charge >= 0.3 is 5.97 Å². The van der Waals surface area contributed by atoms with Gasteiger partial charge in [0.15, 0.2) is 0 Å². The Morgan fingerprint density at radius 2 is 1.69 bits per heavy atom. The number of benzene rings is 2. The first-order valence-electron chi connectivity index (χ1n) is 9.74. The summed E-state index contributed by atoms with van der Waals surface area (Å²) in [5.74, 6) is -1.49. The summed E-state index contributed by atoms with van der Waals surface area (Å²) < 4.78 is 4.58. The molecule has 0 bridgehead atoms. The Hall–Kier alpha value is -3.34. The third kappa shape index (κ3) is 4.57. The molecular formula is C24H25NO4. The average molecular weight is 391 g/mol. The summed E-state index contributed by atoms with van der Waals surface area (Å²) >= 11 is 0. The lowest BCUT2D eigenvalue weighted by Crippen LogP contribution is -2.44. The van der Waals surface area contributed by atoms with Crippen LogP contribution in [0.2, 0.25) is 0 Å². The largest absolute Gasteiger partial charge is 0.481 e. The van der Waals surface area contributed by atoms with E-state index in [4.69, 9.17) is 0 Å². The molecule has 1 N–H and O–H groups in total. The number of furan rings is 1. The molecule has 1 aromatic heterocycles. The number of fused-ring (bicyclic) bond motifs is 1. The van der Waals surface area contributed by atoms with E-state index >= 15 is 0 Å². The first-order chi connectivity index (χ1) is 14.0. The monoisotopic (exact) mass is 391 g/mol. The van der Waals surface area contributed by atoms with Crippen molar-refractivity contribution in [3.63, 3.8) is 0 Å². The predicted molar refractivity (Wildman–Crippen MR) is 112 cm³/mol. The van der Waals surface area contributed by atoms with Gasteiger partial charge in [-0.3, -0.25) is 9.59 Å². The van der Waals surface area contributed by atoms with Gasteiger partial charge < -0.3 is 14.4 Å². The van der Waals surface area contributed by atoms with Crippen LogP contribution in [0.1, 0.15) is 47.7 Å². The van der Waals surface area contributed by atoms with Gasteiger partial charge in [0.05, 0.1) is 18.4 Å². The van der Waals surface area contributed by atoms with Crippen LogP contribution in [0.15, 0.2) is 77.6 Å². The normalized spacial score (nSPS) is 17.7. The number of hydrogen-bond donors (Lipinski definition) is 1. The van der Waals surface area contributed by atoms with Crippen LogP contribution in [-0.4, -0.2) is 23.0 Å². The van der Waals surface area contributed by atoms with E-state index in [9.17, 15) is 14.7 Å². The van der Waals surface area contributed by atoms with E-state index in [1.54, 1.807) is 23.5 Å². The van der Waals surface area contributed by atoms with Crippen LogP contribution < -0.4 is 4.90 Å². The number of aliphatic carboxylic acids is 1. The number of para-hydroxylation sites is 1. The standard InChI is InChI=1S/C20H21NO3.C4H4O/c1-3-14-8-10-15(11-9-14)19(22)21-13(2)12-17(20(23)24)16-6-4-5-7-18(16)21;1-2-4-5-3-1/h4-11,13,17H,3,12H2,1-2H3,(H,23,24);1-4H/t13-,17?;/m0./s1. The lowest BCUT2D eigenvalue weighted by Gasteiger charge is -2.38. The molecule has 29 heavy (non-hydrogen) atoms. The highest BCUT2D eigenvalue weighted by Gasteiger charge is 2.37. The maximum absolute atomic E-state index is 13.0. The molecule has 5 heteroatoms. The number of hydrogen-bond acceptors (Lipinski definition) is 3. The zero-order valence-corrected chi connectivity index (χ0v) is 16.6. The lowest BCUT2D eigenvalue weighted by atomic mass is 9.85. The van der Waals surface area contributed by atoms with E-state index in [0.717, 1.165) is 6.42 Å². The number of carbonyl (C=O) groups is 2. The predicted octanol–water partition coefficient (Wildman–Crippen LogP) is 5.14. The van der Waals surface area contributed by atoms with Crippen molar-refractivity contribution in [2.75, 3.05) is 4.90 Å². The summed E-state index contributed by atoms with van der Waals surface area (Å²) in [6.45, 7) is 3.98. The SMILES string of the molecule is CCc1ccc(C(=O)N2c3ccccc3C(C(=O)O)C[C@@H]2C)cc1.c1ccoc1. The van der Waals surface area contributed by atoms with Gasteiger partial charge in [-0.15, -0.1) is 0 Å². The number of nitrogens with zero attached hydrogens (tertiary/aromatic N) is 1. The first kappa shape index (κ1) is 20.4. The zero-order chi connectivity index (χ0) is 20.8. The van der Waals surface area contributed by atoms with Gasteiger partial charge in [-0.25, -0.2) is 0 Å². The molecule has 2 atom stereocenters. The van der Waals surface area contributed by atoms with Crippen LogP contribution in [-0.2, 0) is 11.2 Å². The number of amides is 1. The minimum Gasteiger partial charge on any atom is -0.481 e. The summed E-state index contributed by atoms with van der Waals surface area (Å²) in [5.41, 5.74) is 3.22. The molecule has 5 nitrogen and oxygen atoms in total. The van der Waals surface area contributed by atoms with Crippen molar-refractivity contribution < 1.29 is 19.1 Å². The zero-order valence-electron chi connectivity index (χ0n) is 16.6. The van der Waals surface area contributed by atoms with E-state index in [1.165, 1.54) is 5.56 Å². The summed E-state index contributed by atoms with van der Waals surface area (Å²) in [4.78, 5) is 26.3. The van der Waals surface area contributed by atoms with Crippen LogP contribution in [0.25, 0.3) is 0 Å². The molecule has 0 radical (unpaired) electrons. The molecule has 1 aliphatic rings. The maximum atomic E-state index is 13.0. The van der Waals surface area contributed by atoms with Gasteiger partial charge in [0.2, 0.25) is 0 Å². The fraction of sp³-hybridized carbons (Fsp3) is 0.250. The third-order valence-corrected chi connectivity index (χ3v) is 5.14. The van der Waals surface area contributed by atoms with Gasteiger partial charge in [0.1, 0.15) is 0 Å². The Kier molecular flexibility index (Phi) is 6.50. The summed E-state index contributed by atoms with van der Waals surface area (Å²) in [6.07, 6.45) is 4.60. The fourth-order valence-electron chi connectivity index (χ4n) is 3.60. The van der Waals surface area contributed by atoms with E-state index in [-0.39, 0.29) is 11.9 Å². The highest BCUT2D eigenvalue weighted by Crippen LogP contribution is 2.39. The molecule has 2 aromatic carbocycles. The number of carbonyl (C=O) groups excluding carboxylic acids is 1. The summed E-state index contributed by atoms with van der Waals surface area (Å²) in [5, 5.41) is 9.50. The van der Waals surface area contributed by atoms with E-state index in [1.807, 2.05) is 61.5 Å². The van der Waals surface area contributed by atoms with Gasteiger partial charge in [-0.05, 0) is 61.2 Å². The van der Waals surface area contributed by atoms with Crippen LogP contribution in [0.4, 0.5) is 5.69 Å². The summed E-state index contributed by atoms with van der Waals surface area (Å²) in [6, 6.07) is 18.4. The second-order valence-electron chi connectivity index (χ2n) is 7.05. The molecule has 3 aromatic rings. The molecule has 2 heterocycles. The van der Waals surface area contributed by atoms with Crippen LogP contribution >= 0.6 is 0 Å². The van der Waals surface area contributed by atoms with Gasteiger partial charge in [0, 0.05) is 17.3 Å². The smallest absolute Gasteiger partial charge is 0.311 e. The van der Waals surface area contributed by atoms with Gasteiger partial charge in [-0.2, -0.15) is 0 Å². The molecule has 4 rings (SSSR count). The van der Waals surface area contributed by atoms with Crippen molar-refractivity contribution in [2.45, 2.75) is 38.6 Å². The molecular weight excluding hydrogens is 366 g/mol. The Labute approximate surface area is 170 Å². The molecule has 0 saturated carbocycles. The molecule has 1 aliphatic heterocycles. The van der Waals surface area contributed by atoms with Gasteiger partial charge in [0.25, 0.3) is 5.91 Å². The Morgan fingerprint density at radius 3 is 2.24 bits per heavy atom. The summed E-state index contributed by atoms with van der Waals surface area (Å²) in [7, 11) is 0. The molecule has 1 unspecified atom stereocenters. The molecule has 150 valence electrons. The highest BCUT2D eigenvalue weighted by atomic mass is 16.4. The van der Waals surface area contributed by atoms with Crippen LogP contribution in [0.3, 0.4) is 0 Å². The van der Waals surface area contributed by atoms with Crippen molar-refractivity contribution in [1.82, 2.24) is 0 Å². The van der Waals surface area contributed by atoms with Crippen LogP contribution in [0, 0.1) is 0 Å². The number of aryl methyl sites for hydroxylation is 1. The minimum absolute atomic E-state index is 0.0820. The van der Waals surface area contributed by atoms with Crippen molar-refractivity contribution in [1.29, 1.82) is 0 Å². The number of carboxylic acid groups (broad SMARTS) is 1. The Bertz CT molecular complexity index is 930. The molecule has 0 spiro atoms. The van der Waals surface area contributed by atoms with Crippen molar-refractivity contribution in [3.05, 3.63) is 89.9 Å². The second kappa shape index (κ2) is 9.24. The maximum Gasteiger partial charge on any atom is 0.311 e. The first-order valence-corrected chi connectivity index (χ1v) is 9.74. The topological polar surface area (TPSA) is 70.8 Å². The van der Waals surface area contributed by atoms with Crippen LogP contribution in [0.5, 0.6) is 0 Å². The Balaban J connectivity index is 0.000000419. The third-order valence-electron chi connectivity index (χ3n) is 5.14. The second-order valence-corrected chi connectivity index (χ2v) is 7.05. The Morgan fingerprint density at radius 1 is 1.03 bits per heavy atom. The van der Waals surface area contributed by atoms with Crippen molar-refractivity contribution in [3.8, 4) is 0 Å². The quantitative estimate of drug-likeness (QED) is 0.671. The highest BCUT2D eigenvalue weighted by molar-refractivity contribution is 6.07. The molecule has 0 saturated heterocycles. The fourth-order valence-corrected chi connectivity index (χ4v) is 3.60. The van der Waals surface area contributed by atoms with Gasteiger partial charge in [-0.1, -0.05) is 37.3 Å². The van der Waals surface area contributed by atoms with E-state index in [0.29, 0.717) is 23.2 Å². The molecule has 0 aliphatic carbocycles. The van der Waals surface area contributed by atoms with E-state index < -0.39 is 11.9 Å². The lowest BCUT2D eigenvalue weighted by molar-refractivity contribution is -0.139. The number of carboxylic acids is 1. The van der Waals surface area contributed by atoms with E-state index in [2.05, 4.69) is 11.3 Å². The minimum atomic E-state index is -0.839. The van der Waals surface area contributed by atoms with Crippen molar-refractivity contribution >= 4 is 17.6 Å². The number of rotatable bonds is 3. The molecule has 1 amide bonds. The average Bonchev–Trinajstić information content (AvgIpc) is 3.33. The number of anilines is 1.